The number of allylic oxidation sites excluding steroid dienone is 3. The molecule has 0 spiro atoms. The van der Waals surface area contributed by atoms with Crippen molar-refractivity contribution in [2.45, 2.75) is 39.5 Å². The zero-order valence-electron chi connectivity index (χ0n) is 19.0. The molecule has 1 atom stereocenters. The van der Waals surface area contributed by atoms with Gasteiger partial charge in [0.2, 0.25) is 0 Å². The SMILES string of the molecule is CCOC(=O)C1=C(C#Cc2ccccc2)OC2=C(C(=O)CC(C)(C)C2)C1c1cccc(O)c1. The average molecular weight is 443 g/mol. The molecule has 168 valence electrons. The maximum absolute atomic E-state index is 13.3. The Morgan fingerprint density at radius 1 is 1.12 bits per heavy atom. The van der Waals surface area contributed by atoms with Gasteiger partial charge >= 0.3 is 5.97 Å². The fraction of sp³-hybridized carbons (Fsp3) is 0.286. The minimum atomic E-state index is -0.733. The first-order valence-corrected chi connectivity index (χ1v) is 11.0. The summed E-state index contributed by atoms with van der Waals surface area (Å²) in [5, 5.41) is 10.1. The quantitative estimate of drug-likeness (QED) is 0.534. The third-order valence-corrected chi connectivity index (χ3v) is 5.72. The topological polar surface area (TPSA) is 72.8 Å². The number of phenols is 1. The molecule has 1 N–H and O–H groups in total. The van der Waals surface area contributed by atoms with Crippen molar-refractivity contribution in [1.29, 1.82) is 0 Å². The summed E-state index contributed by atoms with van der Waals surface area (Å²) in [6.07, 6.45) is 0.877. The molecule has 0 saturated heterocycles. The number of Topliss-reactive ketones (excluding diaryl/α,β-unsaturated/α-hetero) is 1. The molecule has 5 nitrogen and oxygen atoms in total. The van der Waals surface area contributed by atoms with Crippen molar-refractivity contribution in [2.75, 3.05) is 6.61 Å². The van der Waals surface area contributed by atoms with E-state index in [4.69, 9.17) is 9.47 Å². The molecule has 1 aliphatic carbocycles. The molecule has 0 bridgehead atoms. The van der Waals surface area contributed by atoms with Crippen LogP contribution in [0.25, 0.3) is 0 Å². The van der Waals surface area contributed by atoms with Crippen molar-refractivity contribution < 1.29 is 24.2 Å². The number of hydrogen-bond donors (Lipinski definition) is 1. The summed E-state index contributed by atoms with van der Waals surface area (Å²) in [5.74, 6) is 5.41. The van der Waals surface area contributed by atoms with E-state index in [1.54, 1.807) is 31.2 Å². The van der Waals surface area contributed by atoms with Crippen LogP contribution in [0.1, 0.15) is 50.7 Å². The highest BCUT2D eigenvalue weighted by Crippen LogP contribution is 2.49. The molecular formula is C28H26O5. The molecule has 2 aromatic rings. The zero-order chi connectivity index (χ0) is 23.6. The Kier molecular flexibility index (Phi) is 6.11. The molecule has 0 saturated carbocycles. The van der Waals surface area contributed by atoms with E-state index in [1.165, 1.54) is 0 Å². The number of ketones is 1. The Morgan fingerprint density at radius 3 is 2.58 bits per heavy atom. The Labute approximate surface area is 193 Å². The second kappa shape index (κ2) is 8.99. The molecule has 2 aromatic carbocycles. The van der Waals surface area contributed by atoms with Crippen LogP contribution in [0.2, 0.25) is 0 Å². The molecule has 0 radical (unpaired) electrons. The van der Waals surface area contributed by atoms with E-state index < -0.39 is 11.9 Å². The van der Waals surface area contributed by atoms with E-state index in [1.807, 2.05) is 44.2 Å². The van der Waals surface area contributed by atoms with Crippen LogP contribution in [-0.4, -0.2) is 23.5 Å². The van der Waals surface area contributed by atoms with E-state index in [0.717, 1.165) is 5.56 Å². The van der Waals surface area contributed by atoms with Crippen molar-refractivity contribution in [3.63, 3.8) is 0 Å². The van der Waals surface area contributed by atoms with Gasteiger partial charge in [0.1, 0.15) is 17.1 Å². The van der Waals surface area contributed by atoms with E-state index in [0.29, 0.717) is 29.7 Å². The van der Waals surface area contributed by atoms with Crippen LogP contribution in [0.15, 0.2) is 77.3 Å². The molecule has 4 rings (SSSR count). The largest absolute Gasteiger partial charge is 0.508 e. The van der Waals surface area contributed by atoms with Crippen molar-refractivity contribution in [2.24, 2.45) is 5.41 Å². The van der Waals surface area contributed by atoms with Crippen LogP contribution in [-0.2, 0) is 19.1 Å². The normalized spacial score (nSPS) is 19.2. The lowest BCUT2D eigenvalue weighted by atomic mass is 9.70. The van der Waals surface area contributed by atoms with Gasteiger partial charge in [-0.25, -0.2) is 4.79 Å². The first-order chi connectivity index (χ1) is 15.8. The maximum Gasteiger partial charge on any atom is 0.339 e. The Bertz CT molecular complexity index is 1220. The van der Waals surface area contributed by atoms with E-state index in [9.17, 15) is 14.7 Å². The number of aromatic hydroxyl groups is 1. The second-order valence-corrected chi connectivity index (χ2v) is 8.99. The molecular weight excluding hydrogens is 416 g/mol. The van der Waals surface area contributed by atoms with Gasteiger partial charge < -0.3 is 14.6 Å². The molecule has 0 fully saturated rings. The molecule has 2 aliphatic rings. The van der Waals surface area contributed by atoms with Crippen molar-refractivity contribution in [1.82, 2.24) is 0 Å². The molecule has 33 heavy (non-hydrogen) atoms. The molecule has 1 unspecified atom stereocenters. The number of ether oxygens (including phenoxy) is 2. The fourth-order valence-electron chi connectivity index (χ4n) is 4.34. The average Bonchev–Trinajstić information content (AvgIpc) is 2.76. The van der Waals surface area contributed by atoms with Gasteiger partial charge in [0.25, 0.3) is 0 Å². The highest BCUT2D eigenvalue weighted by molar-refractivity contribution is 6.04. The third kappa shape index (κ3) is 4.70. The van der Waals surface area contributed by atoms with E-state index in [2.05, 4.69) is 11.8 Å². The summed E-state index contributed by atoms with van der Waals surface area (Å²) in [7, 11) is 0. The van der Waals surface area contributed by atoms with Crippen LogP contribution < -0.4 is 0 Å². The first kappa shape index (κ1) is 22.4. The molecule has 1 heterocycles. The van der Waals surface area contributed by atoms with Crippen LogP contribution in [0.4, 0.5) is 0 Å². The number of carbonyl (C=O) groups excluding carboxylic acids is 2. The lowest BCUT2D eigenvalue weighted by Gasteiger charge is -2.38. The minimum Gasteiger partial charge on any atom is -0.508 e. The Balaban J connectivity index is 1.94. The van der Waals surface area contributed by atoms with Crippen LogP contribution in [0.5, 0.6) is 5.75 Å². The van der Waals surface area contributed by atoms with Gasteiger partial charge in [-0.3, -0.25) is 4.79 Å². The van der Waals surface area contributed by atoms with Crippen LogP contribution >= 0.6 is 0 Å². The number of esters is 1. The van der Waals surface area contributed by atoms with Crippen molar-refractivity contribution in [3.8, 4) is 17.6 Å². The third-order valence-electron chi connectivity index (χ3n) is 5.72. The monoisotopic (exact) mass is 442 g/mol. The smallest absolute Gasteiger partial charge is 0.339 e. The lowest BCUT2D eigenvalue weighted by molar-refractivity contribution is -0.139. The van der Waals surface area contributed by atoms with Crippen molar-refractivity contribution in [3.05, 3.63) is 88.4 Å². The van der Waals surface area contributed by atoms with Gasteiger partial charge in [-0.2, -0.15) is 0 Å². The van der Waals surface area contributed by atoms with Gasteiger partial charge in [-0.15, -0.1) is 0 Å². The molecule has 5 heteroatoms. The van der Waals surface area contributed by atoms with Crippen LogP contribution in [0.3, 0.4) is 0 Å². The zero-order valence-corrected chi connectivity index (χ0v) is 19.0. The Morgan fingerprint density at radius 2 is 1.88 bits per heavy atom. The lowest BCUT2D eigenvalue weighted by Crippen LogP contribution is -2.34. The summed E-state index contributed by atoms with van der Waals surface area (Å²) in [4.78, 5) is 26.5. The van der Waals surface area contributed by atoms with Crippen molar-refractivity contribution >= 4 is 11.8 Å². The van der Waals surface area contributed by atoms with E-state index >= 15 is 0 Å². The van der Waals surface area contributed by atoms with Gasteiger partial charge in [0.05, 0.1) is 12.5 Å². The highest BCUT2D eigenvalue weighted by atomic mass is 16.5. The highest BCUT2D eigenvalue weighted by Gasteiger charge is 2.45. The predicted molar refractivity (Wildman–Crippen MR) is 124 cm³/mol. The molecule has 0 aromatic heterocycles. The van der Waals surface area contributed by atoms with Gasteiger partial charge in [-0.1, -0.05) is 50.1 Å². The number of hydrogen-bond acceptors (Lipinski definition) is 5. The number of phenolic OH excluding ortho intramolecular Hbond substituents is 1. The number of rotatable bonds is 3. The molecule has 1 aliphatic heterocycles. The fourth-order valence-corrected chi connectivity index (χ4v) is 4.34. The minimum absolute atomic E-state index is 0.0462. The van der Waals surface area contributed by atoms with Crippen LogP contribution in [0, 0.1) is 17.3 Å². The number of carbonyl (C=O) groups is 2. The van der Waals surface area contributed by atoms with E-state index in [-0.39, 0.29) is 34.9 Å². The standard InChI is InChI=1S/C28H26O5/c1-4-32-27(31)26-22(14-13-18-9-6-5-7-10-18)33-23-17-28(2,3)16-21(30)25(23)24(26)19-11-8-12-20(29)15-19/h5-12,15,24,29H,4,16-17H2,1-3H3. The Hall–Kier alpha value is -3.78. The van der Waals surface area contributed by atoms with Gasteiger partial charge in [-0.05, 0) is 48.1 Å². The molecule has 0 amide bonds. The summed E-state index contributed by atoms with van der Waals surface area (Å²) in [5.41, 5.74) is 1.72. The summed E-state index contributed by atoms with van der Waals surface area (Å²) < 4.78 is 11.5. The first-order valence-electron chi connectivity index (χ1n) is 11.0. The second-order valence-electron chi connectivity index (χ2n) is 8.99. The summed E-state index contributed by atoms with van der Waals surface area (Å²) >= 11 is 0. The summed E-state index contributed by atoms with van der Waals surface area (Å²) in [6.45, 7) is 5.92. The van der Waals surface area contributed by atoms with Gasteiger partial charge in [0, 0.05) is 24.0 Å². The number of benzene rings is 2. The maximum atomic E-state index is 13.3. The van der Waals surface area contributed by atoms with Gasteiger partial charge in [0.15, 0.2) is 11.5 Å². The summed E-state index contributed by atoms with van der Waals surface area (Å²) in [6, 6.07) is 16.0. The predicted octanol–water partition coefficient (Wildman–Crippen LogP) is 5.02.